The molecule has 27 heavy (non-hydrogen) atoms. The molecule has 1 saturated heterocycles. The molecule has 0 radical (unpaired) electrons. The monoisotopic (exact) mass is 382 g/mol. The number of amidine groups is 1. The zero-order valence-electron chi connectivity index (χ0n) is 16.8. The van der Waals surface area contributed by atoms with Crippen LogP contribution in [0.1, 0.15) is 76.7 Å². The molecule has 2 nitrogen and oxygen atoms in total. The molecule has 0 bridgehead atoms. The normalized spacial score (nSPS) is 27.0. The molecule has 1 aromatic rings. The third-order valence-corrected chi connectivity index (χ3v) is 7.28. The number of allylic oxidation sites excluding steroid dienone is 1. The number of benzene rings is 1. The van der Waals surface area contributed by atoms with E-state index in [1.54, 1.807) is 4.91 Å². The predicted octanol–water partition coefficient (Wildman–Crippen LogP) is 6.78. The van der Waals surface area contributed by atoms with Crippen molar-refractivity contribution in [3.05, 3.63) is 46.9 Å². The third-order valence-electron chi connectivity index (χ3n) is 6.12. The van der Waals surface area contributed by atoms with E-state index in [2.05, 4.69) is 48.2 Å². The van der Waals surface area contributed by atoms with Gasteiger partial charge in [-0.05, 0) is 43.6 Å². The number of unbranched alkanes of at least 4 members (excludes halogenated alkanes) is 2. The van der Waals surface area contributed by atoms with E-state index in [9.17, 15) is 0 Å². The van der Waals surface area contributed by atoms with Gasteiger partial charge in [-0.15, -0.1) is 0 Å². The van der Waals surface area contributed by atoms with Crippen LogP contribution in [0.3, 0.4) is 0 Å². The molecule has 146 valence electrons. The zero-order chi connectivity index (χ0) is 18.5. The fourth-order valence-electron chi connectivity index (χ4n) is 4.45. The summed E-state index contributed by atoms with van der Waals surface area (Å²) in [5, 5.41) is 1.31. The van der Waals surface area contributed by atoms with E-state index in [1.165, 1.54) is 74.9 Å². The van der Waals surface area contributed by atoms with Gasteiger partial charge in [0.1, 0.15) is 0 Å². The van der Waals surface area contributed by atoms with E-state index in [0.717, 1.165) is 12.5 Å². The highest BCUT2D eigenvalue weighted by Crippen LogP contribution is 2.45. The van der Waals surface area contributed by atoms with Crippen molar-refractivity contribution in [1.29, 1.82) is 0 Å². The maximum absolute atomic E-state index is 5.15. The van der Waals surface area contributed by atoms with Gasteiger partial charge in [-0.2, -0.15) is 0 Å². The number of nitrogens with zero attached hydrogens (tertiary/aromatic N) is 2. The minimum atomic E-state index is 0.560. The van der Waals surface area contributed by atoms with Crippen molar-refractivity contribution >= 4 is 16.9 Å². The molecule has 3 aliphatic rings. The van der Waals surface area contributed by atoms with Crippen molar-refractivity contribution in [1.82, 2.24) is 4.90 Å². The quantitative estimate of drug-likeness (QED) is 0.483. The van der Waals surface area contributed by atoms with Crippen molar-refractivity contribution in [2.45, 2.75) is 89.8 Å². The Morgan fingerprint density at radius 1 is 1.07 bits per heavy atom. The van der Waals surface area contributed by atoms with Gasteiger partial charge in [0.15, 0.2) is 5.17 Å². The van der Waals surface area contributed by atoms with Crippen molar-refractivity contribution in [3.63, 3.8) is 0 Å². The lowest BCUT2D eigenvalue weighted by Crippen LogP contribution is -2.39. The predicted molar refractivity (Wildman–Crippen MR) is 118 cm³/mol. The first-order chi connectivity index (χ1) is 13.3. The first-order valence-corrected chi connectivity index (χ1v) is 11.9. The first-order valence-electron chi connectivity index (χ1n) is 11.1. The Balaban J connectivity index is 1.63. The average molecular weight is 383 g/mol. The Hall–Kier alpha value is -1.22. The third kappa shape index (κ3) is 4.99. The number of thioether (sulfide) groups is 1. The summed E-state index contributed by atoms with van der Waals surface area (Å²) in [6.07, 6.45) is 15.9. The topological polar surface area (TPSA) is 15.6 Å². The van der Waals surface area contributed by atoms with Crippen LogP contribution in [-0.4, -0.2) is 22.2 Å². The van der Waals surface area contributed by atoms with Gasteiger partial charge in [0.25, 0.3) is 0 Å². The summed E-state index contributed by atoms with van der Waals surface area (Å²) in [4.78, 5) is 9.43. The van der Waals surface area contributed by atoms with Crippen LogP contribution in [-0.2, 0) is 6.54 Å². The van der Waals surface area contributed by atoms with Crippen molar-refractivity contribution < 1.29 is 0 Å². The van der Waals surface area contributed by atoms with Crippen molar-refractivity contribution in [2.75, 3.05) is 0 Å². The smallest absolute Gasteiger partial charge is 0.164 e. The summed E-state index contributed by atoms with van der Waals surface area (Å²) < 4.78 is 0. The van der Waals surface area contributed by atoms with Gasteiger partial charge in [-0.1, -0.05) is 87.2 Å². The molecule has 4 rings (SSSR count). The van der Waals surface area contributed by atoms with E-state index >= 15 is 0 Å². The van der Waals surface area contributed by atoms with Crippen LogP contribution in [0.4, 0.5) is 0 Å². The molecular formula is C24H34N2S. The van der Waals surface area contributed by atoms with E-state index in [0.29, 0.717) is 12.1 Å². The molecule has 2 saturated carbocycles. The standard InChI is InChI=1S/C24H34N2S/c1-2-3-6-15-22-23(20-13-9-5-10-14-20)26(18-19-11-7-4-8-12-19)24(27-22)25-21-16-17-21/h4,7-8,11-12,15,20-21,23H,2-3,5-6,9-10,13-14,16-18H2,1H3/b22-15+,25-24?. The molecule has 0 N–H and O–H groups in total. The fourth-order valence-corrected chi connectivity index (χ4v) is 5.80. The maximum Gasteiger partial charge on any atom is 0.164 e. The van der Waals surface area contributed by atoms with Crippen LogP contribution in [0.5, 0.6) is 0 Å². The second kappa shape index (κ2) is 9.32. The average Bonchev–Trinajstić information content (AvgIpc) is 3.46. The largest absolute Gasteiger partial charge is 0.339 e. The van der Waals surface area contributed by atoms with Crippen LogP contribution < -0.4 is 0 Å². The summed E-state index contributed by atoms with van der Waals surface area (Å²) in [5.41, 5.74) is 1.41. The maximum atomic E-state index is 5.15. The number of aliphatic imine (C=N–C) groups is 1. The van der Waals surface area contributed by atoms with E-state index in [4.69, 9.17) is 4.99 Å². The molecule has 1 aromatic carbocycles. The highest BCUT2D eigenvalue weighted by molar-refractivity contribution is 8.17. The second-order valence-electron chi connectivity index (χ2n) is 8.45. The van der Waals surface area contributed by atoms with Crippen LogP contribution >= 0.6 is 11.8 Å². The summed E-state index contributed by atoms with van der Waals surface area (Å²) in [6.45, 7) is 3.30. The number of hydrogen-bond donors (Lipinski definition) is 0. The molecule has 3 heteroatoms. The number of rotatable bonds is 7. The van der Waals surface area contributed by atoms with Crippen molar-refractivity contribution in [2.24, 2.45) is 10.9 Å². The van der Waals surface area contributed by atoms with Gasteiger partial charge in [0.2, 0.25) is 0 Å². The van der Waals surface area contributed by atoms with Gasteiger partial charge in [-0.25, -0.2) is 0 Å². The molecule has 0 spiro atoms. The Kier molecular flexibility index (Phi) is 6.60. The SMILES string of the molecule is CCCC/C=C1/SC(=NC2CC2)N(Cc2ccccc2)C1C1CCCCC1. The molecule has 1 heterocycles. The van der Waals surface area contributed by atoms with Gasteiger partial charge in [0.05, 0.1) is 12.1 Å². The summed E-state index contributed by atoms with van der Waals surface area (Å²) in [6, 6.07) is 12.2. The zero-order valence-corrected chi connectivity index (χ0v) is 17.6. The van der Waals surface area contributed by atoms with Crippen LogP contribution in [0, 0.1) is 5.92 Å². The second-order valence-corrected chi connectivity index (χ2v) is 9.49. The molecule has 1 atom stereocenters. The summed E-state index contributed by atoms with van der Waals surface area (Å²) in [5.74, 6) is 0.801. The fraction of sp³-hybridized carbons (Fsp3) is 0.625. The van der Waals surface area contributed by atoms with Crippen LogP contribution in [0.15, 0.2) is 46.3 Å². The van der Waals surface area contributed by atoms with Crippen LogP contribution in [0.25, 0.3) is 0 Å². The lowest BCUT2D eigenvalue weighted by molar-refractivity contribution is 0.218. The minimum Gasteiger partial charge on any atom is -0.339 e. The van der Waals surface area contributed by atoms with E-state index < -0.39 is 0 Å². The molecule has 3 fully saturated rings. The minimum absolute atomic E-state index is 0.560. The lowest BCUT2D eigenvalue weighted by atomic mass is 9.82. The highest BCUT2D eigenvalue weighted by atomic mass is 32.2. The Morgan fingerprint density at radius 3 is 2.56 bits per heavy atom. The van der Waals surface area contributed by atoms with Gasteiger partial charge in [0, 0.05) is 11.4 Å². The number of hydrogen-bond acceptors (Lipinski definition) is 2. The van der Waals surface area contributed by atoms with E-state index in [1.807, 2.05) is 11.8 Å². The molecule has 1 aliphatic heterocycles. The summed E-state index contributed by atoms with van der Waals surface area (Å²) in [7, 11) is 0. The van der Waals surface area contributed by atoms with E-state index in [-0.39, 0.29) is 0 Å². The van der Waals surface area contributed by atoms with Crippen LogP contribution in [0.2, 0.25) is 0 Å². The van der Waals surface area contributed by atoms with Gasteiger partial charge >= 0.3 is 0 Å². The molecular weight excluding hydrogens is 348 g/mol. The van der Waals surface area contributed by atoms with Crippen molar-refractivity contribution in [3.8, 4) is 0 Å². The molecule has 2 aliphatic carbocycles. The Morgan fingerprint density at radius 2 is 1.85 bits per heavy atom. The molecule has 1 unspecified atom stereocenters. The lowest BCUT2D eigenvalue weighted by Gasteiger charge is -2.35. The molecule has 0 aromatic heterocycles. The van der Waals surface area contributed by atoms with Gasteiger partial charge in [-0.3, -0.25) is 4.99 Å². The highest BCUT2D eigenvalue weighted by Gasteiger charge is 2.40. The Bertz CT molecular complexity index is 656. The first kappa shape index (κ1) is 19.1. The molecule has 0 amide bonds. The van der Waals surface area contributed by atoms with Gasteiger partial charge < -0.3 is 4.90 Å². The Labute approximate surface area is 169 Å². The summed E-state index contributed by atoms with van der Waals surface area (Å²) >= 11 is 2.00.